The number of nitrogens with one attached hydrogen (secondary N) is 1. The molecule has 0 saturated carbocycles. The van der Waals surface area contributed by atoms with Crippen LogP contribution in [0.15, 0.2) is 47.3 Å². The predicted molar refractivity (Wildman–Crippen MR) is 182 cm³/mol. The van der Waals surface area contributed by atoms with Gasteiger partial charge in [-0.3, -0.25) is 14.3 Å². The van der Waals surface area contributed by atoms with Crippen molar-refractivity contribution in [2.75, 3.05) is 38.0 Å². The van der Waals surface area contributed by atoms with Gasteiger partial charge in [0.25, 0.3) is 11.5 Å². The number of hydrogen-bond acceptors (Lipinski definition) is 6. The van der Waals surface area contributed by atoms with Crippen molar-refractivity contribution in [2.45, 2.75) is 103 Å². The number of hydrogen-bond donors (Lipinski definition) is 1. The first-order valence-corrected chi connectivity index (χ1v) is 17.4. The second-order valence-electron chi connectivity index (χ2n) is 14.0. The fraction of sp³-hybridized carbons (Fsp3) is 0.595. The van der Waals surface area contributed by atoms with Crippen molar-refractivity contribution < 1.29 is 8.78 Å². The van der Waals surface area contributed by atoms with Crippen LogP contribution in [0.1, 0.15) is 100 Å². The van der Waals surface area contributed by atoms with E-state index in [2.05, 4.69) is 41.1 Å². The molecule has 2 saturated heterocycles. The van der Waals surface area contributed by atoms with Gasteiger partial charge in [-0.25, -0.2) is 18.7 Å². The quantitative estimate of drug-likeness (QED) is 0.297. The summed E-state index contributed by atoms with van der Waals surface area (Å²) in [5.74, 6) is -2.18. The van der Waals surface area contributed by atoms with Gasteiger partial charge in [-0.05, 0) is 122 Å². The zero-order valence-corrected chi connectivity index (χ0v) is 27.9. The summed E-state index contributed by atoms with van der Waals surface area (Å²) in [5.41, 5.74) is 2.39. The molecule has 1 atom stereocenters. The molecule has 6 heterocycles. The maximum absolute atomic E-state index is 15.9. The first-order valence-electron chi connectivity index (χ1n) is 17.4. The lowest BCUT2D eigenvalue weighted by Crippen LogP contribution is -2.39. The van der Waals surface area contributed by atoms with Crippen LogP contribution in [0.5, 0.6) is 0 Å². The van der Waals surface area contributed by atoms with Crippen molar-refractivity contribution in [2.24, 2.45) is 5.92 Å². The molecule has 1 aromatic carbocycles. The van der Waals surface area contributed by atoms with E-state index in [-0.39, 0.29) is 23.1 Å². The van der Waals surface area contributed by atoms with Gasteiger partial charge in [0.2, 0.25) is 0 Å². The fourth-order valence-electron chi connectivity index (χ4n) is 7.60. The van der Waals surface area contributed by atoms with Crippen LogP contribution < -0.4 is 10.9 Å². The molecule has 0 radical (unpaired) electrons. The minimum Gasteiger partial charge on any atom is -0.363 e. The lowest BCUT2D eigenvalue weighted by atomic mass is 9.85. The van der Waals surface area contributed by atoms with Gasteiger partial charge in [-0.15, -0.1) is 0 Å². The number of fused-ring (bicyclic) bond motifs is 8. The highest BCUT2D eigenvalue weighted by Gasteiger charge is 2.42. The van der Waals surface area contributed by atoms with Gasteiger partial charge in [0.05, 0.1) is 5.39 Å². The van der Waals surface area contributed by atoms with Crippen molar-refractivity contribution in [1.29, 1.82) is 0 Å². The van der Waals surface area contributed by atoms with Crippen LogP contribution in [0, 0.1) is 12.8 Å². The Morgan fingerprint density at radius 3 is 2.46 bits per heavy atom. The lowest BCUT2D eigenvalue weighted by Gasteiger charge is -2.35. The number of benzene rings is 1. The number of aryl methyl sites for hydroxylation is 2. The van der Waals surface area contributed by atoms with E-state index in [1.807, 2.05) is 30.5 Å². The van der Waals surface area contributed by atoms with E-state index in [1.165, 1.54) is 0 Å². The van der Waals surface area contributed by atoms with Crippen LogP contribution in [-0.2, 0) is 12.5 Å². The molecule has 2 fully saturated rings. The third-order valence-electron chi connectivity index (χ3n) is 10.5. The Bertz CT molecular complexity index is 1600. The van der Waals surface area contributed by atoms with Crippen LogP contribution in [-0.4, -0.2) is 63.1 Å². The summed E-state index contributed by atoms with van der Waals surface area (Å²) in [6.07, 6.45) is 9.96. The van der Waals surface area contributed by atoms with E-state index in [0.29, 0.717) is 55.8 Å². The zero-order valence-electron chi connectivity index (χ0n) is 27.9. The molecular formula is C37H50F2N6O. The molecule has 7 rings (SSSR count). The van der Waals surface area contributed by atoms with E-state index in [4.69, 9.17) is 9.97 Å². The molecule has 4 aliphatic heterocycles. The van der Waals surface area contributed by atoms with Crippen molar-refractivity contribution >= 4 is 16.9 Å². The largest absolute Gasteiger partial charge is 0.363 e. The van der Waals surface area contributed by atoms with Gasteiger partial charge in [0.15, 0.2) is 0 Å². The minimum absolute atomic E-state index is 0.0556. The van der Waals surface area contributed by atoms with Crippen LogP contribution >= 0.6 is 0 Å². The second-order valence-corrected chi connectivity index (χ2v) is 14.0. The highest BCUT2D eigenvalue weighted by Crippen LogP contribution is 2.42. The van der Waals surface area contributed by atoms with Crippen LogP contribution in [0.3, 0.4) is 0 Å². The van der Waals surface area contributed by atoms with Gasteiger partial charge < -0.3 is 10.2 Å². The van der Waals surface area contributed by atoms with Gasteiger partial charge >= 0.3 is 0 Å². The number of aromatic nitrogens is 3. The van der Waals surface area contributed by atoms with Crippen molar-refractivity contribution in [3.05, 3.63) is 75.4 Å². The fourth-order valence-corrected chi connectivity index (χ4v) is 7.60. The molecule has 46 heavy (non-hydrogen) atoms. The molecule has 0 aliphatic carbocycles. The van der Waals surface area contributed by atoms with E-state index in [0.717, 1.165) is 68.3 Å². The number of halogens is 2. The van der Waals surface area contributed by atoms with Crippen molar-refractivity contribution in [3.8, 4) is 0 Å². The molecule has 9 heteroatoms. The Kier molecular flexibility index (Phi) is 9.90. The molecule has 0 unspecified atom stereocenters. The highest BCUT2D eigenvalue weighted by molar-refractivity contribution is 5.87. The summed E-state index contributed by atoms with van der Waals surface area (Å²) in [4.78, 5) is 28.6. The van der Waals surface area contributed by atoms with E-state index in [1.54, 1.807) is 18.2 Å². The van der Waals surface area contributed by atoms with Gasteiger partial charge in [-0.2, -0.15) is 0 Å². The molecule has 3 aromatic rings. The molecule has 7 nitrogen and oxygen atoms in total. The Morgan fingerprint density at radius 2 is 1.72 bits per heavy atom. The Morgan fingerprint density at radius 1 is 0.957 bits per heavy atom. The lowest BCUT2D eigenvalue weighted by molar-refractivity contribution is -0.0847. The predicted octanol–water partition coefficient (Wildman–Crippen LogP) is 7.40. The molecule has 0 spiro atoms. The third kappa shape index (κ3) is 6.91. The van der Waals surface area contributed by atoms with Crippen molar-refractivity contribution in [3.63, 3.8) is 0 Å². The Hall–Kier alpha value is -3.17. The summed E-state index contributed by atoms with van der Waals surface area (Å²) in [6.45, 7) is 13.0. The molecule has 8 bridgehead atoms. The molecule has 1 N–H and O–H groups in total. The van der Waals surface area contributed by atoms with E-state index < -0.39 is 11.8 Å². The Labute approximate surface area is 272 Å². The maximum Gasteiger partial charge on any atom is 0.276 e. The number of pyridine rings is 1. The molecule has 4 aliphatic rings. The van der Waals surface area contributed by atoms with Crippen molar-refractivity contribution in [1.82, 2.24) is 24.3 Å². The average Bonchev–Trinajstić information content (AvgIpc) is 3.05. The van der Waals surface area contributed by atoms with E-state index in [9.17, 15) is 4.79 Å². The Balaban J connectivity index is 1.41. The smallest absolute Gasteiger partial charge is 0.276 e. The standard InChI is InChI=1S/C37H50F2N6O/c1-25(2)44-21-13-28(14-22-44)32-24-33-34-40-26(3)29-11-10-12-31(23-29)37(38,39)30-15-19-43(20-16-30)17-8-6-5-7-9-18-45(36(32)46)35(33)42-27(4)41-34/h6,8,10-12,23-26,28,30H,5,7,9,13-22H2,1-4H3,(H,40,41,42)/b8-6-/t26-/m0/s1. The van der Waals surface area contributed by atoms with Crippen LogP contribution in [0.2, 0.25) is 0 Å². The SMILES string of the molecule is Cc1nc2c3cc(C4CCN(C(C)C)CC4)c(=O)n(c3n1)CCCC/C=C\CN1CCC(CC1)C(F)(F)c1cccc(c1)[C@H](C)N2. The van der Waals surface area contributed by atoms with Gasteiger partial charge in [-0.1, -0.05) is 30.4 Å². The topological polar surface area (TPSA) is 66.3 Å². The minimum atomic E-state index is -2.90. The maximum atomic E-state index is 15.9. The molecule has 0 amide bonds. The number of alkyl halides is 2. The summed E-state index contributed by atoms with van der Waals surface area (Å²) in [7, 11) is 0. The van der Waals surface area contributed by atoms with Gasteiger partial charge in [0.1, 0.15) is 17.3 Å². The first-order chi connectivity index (χ1) is 22.1. The van der Waals surface area contributed by atoms with Gasteiger partial charge in [0, 0.05) is 42.2 Å². The molecule has 248 valence electrons. The number of likely N-dealkylation sites (tertiary alicyclic amines) is 1. The zero-order chi connectivity index (χ0) is 32.4. The molecular weight excluding hydrogens is 582 g/mol. The second kappa shape index (κ2) is 13.9. The number of anilines is 1. The van der Waals surface area contributed by atoms with E-state index >= 15 is 8.78 Å². The third-order valence-corrected chi connectivity index (χ3v) is 10.5. The normalized spacial score (nSPS) is 25.8. The van der Waals surface area contributed by atoms with Crippen LogP contribution in [0.4, 0.5) is 14.6 Å². The van der Waals surface area contributed by atoms with Crippen LogP contribution in [0.25, 0.3) is 11.0 Å². The highest BCUT2D eigenvalue weighted by atomic mass is 19.3. The number of nitrogens with zero attached hydrogens (tertiary/aromatic N) is 5. The summed E-state index contributed by atoms with van der Waals surface area (Å²) < 4.78 is 33.7. The monoisotopic (exact) mass is 632 g/mol. The summed E-state index contributed by atoms with van der Waals surface area (Å²) in [5, 5.41) is 4.37. The number of piperidine rings is 2. The number of rotatable bonds is 2. The summed E-state index contributed by atoms with van der Waals surface area (Å²) >= 11 is 0. The summed E-state index contributed by atoms with van der Waals surface area (Å²) in [6, 6.07) is 9.11. The molecule has 2 aromatic heterocycles. The average molecular weight is 633 g/mol. The first kappa shape index (κ1) is 32.8. The number of allylic oxidation sites excluding steroid dienone is 1.